The lowest BCUT2D eigenvalue weighted by Gasteiger charge is -2.38. The Labute approximate surface area is 233 Å². The molecule has 3 aromatic rings. The van der Waals surface area contributed by atoms with Gasteiger partial charge in [0.25, 0.3) is 5.91 Å². The molecule has 0 aromatic heterocycles. The van der Waals surface area contributed by atoms with Crippen molar-refractivity contribution in [3.05, 3.63) is 101 Å². The fourth-order valence-electron chi connectivity index (χ4n) is 5.58. The van der Waals surface area contributed by atoms with Crippen molar-refractivity contribution in [3.63, 3.8) is 0 Å². The molecule has 3 aromatic carbocycles. The number of carbonyl (C=O) groups excluding carboxylic acids is 4. The molecule has 1 fully saturated rings. The van der Waals surface area contributed by atoms with E-state index in [9.17, 15) is 19.2 Å². The van der Waals surface area contributed by atoms with Crippen LogP contribution in [0, 0.1) is 5.92 Å². The fourth-order valence-corrected chi connectivity index (χ4v) is 5.58. The Bertz CT molecular complexity index is 1420. The number of hydrogen-bond donors (Lipinski definition) is 2. The summed E-state index contributed by atoms with van der Waals surface area (Å²) in [6.45, 7) is 0.973. The highest BCUT2D eigenvalue weighted by molar-refractivity contribution is 6.03. The lowest BCUT2D eigenvalue weighted by atomic mass is 9.80. The summed E-state index contributed by atoms with van der Waals surface area (Å²) in [7, 11) is 1.59. The number of amides is 3. The Hall–Kier alpha value is -4.46. The maximum Gasteiger partial charge on any atom is 0.253 e. The molecular formula is C32H33N3O5. The molecule has 0 bridgehead atoms. The van der Waals surface area contributed by atoms with Gasteiger partial charge in [-0.15, -0.1) is 0 Å². The predicted octanol–water partition coefficient (Wildman–Crippen LogP) is 3.50. The number of nitrogens with one attached hydrogen (secondary N) is 2. The van der Waals surface area contributed by atoms with E-state index in [4.69, 9.17) is 4.74 Å². The van der Waals surface area contributed by atoms with E-state index in [-0.39, 0.29) is 41.9 Å². The largest absolute Gasteiger partial charge is 0.497 e. The number of benzene rings is 3. The van der Waals surface area contributed by atoms with Gasteiger partial charge in [0.05, 0.1) is 13.7 Å². The first-order valence-corrected chi connectivity index (χ1v) is 13.6. The fraction of sp³-hybridized carbons (Fsp3) is 0.312. The van der Waals surface area contributed by atoms with Crippen molar-refractivity contribution in [1.82, 2.24) is 15.5 Å². The van der Waals surface area contributed by atoms with Gasteiger partial charge in [-0.3, -0.25) is 19.2 Å². The number of carbonyl (C=O) groups is 4. The molecule has 40 heavy (non-hydrogen) atoms. The molecule has 206 valence electrons. The molecule has 8 nitrogen and oxygen atoms in total. The summed E-state index contributed by atoms with van der Waals surface area (Å²) >= 11 is 0. The van der Waals surface area contributed by atoms with E-state index in [1.54, 1.807) is 24.1 Å². The standard InChI is InChI=1S/C32H33N3O5/c1-40-25-9-5-6-21(16-25)18-33-30(37)19-34-31(38)26-14-15-35(20-28(26)22-7-3-2-4-8-22)32(39)24-11-10-23-12-13-29(36)27(23)17-24/h2-11,16-17,26,28H,12-15,18-20H2,1H3,(H,33,37)(H,34,38)/t26-,28+/m0/s1. The quantitative estimate of drug-likeness (QED) is 0.456. The zero-order valence-corrected chi connectivity index (χ0v) is 22.5. The third-order valence-corrected chi connectivity index (χ3v) is 7.79. The van der Waals surface area contributed by atoms with E-state index in [2.05, 4.69) is 10.6 Å². The number of hydrogen-bond acceptors (Lipinski definition) is 5. The van der Waals surface area contributed by atoms with Crippen LogP contribution in [-0.2, 0) is 22.6 Å². The van der Waals surface area contributed by atoms with Crippen LogP contribution in [0.3, 0.4) is 0 Å². The van der Waals surface area contributed by atoms with Gasteiger partial charge in [0, 0.05) is 49.0 Å². The Morgan fingerprint density at radius 1 is 0.950 bits per heavy atom. The molecule has 2 atom stereocenters. The van der Waals surface area contributed by atoms with Gasteiger partial charge < -0.3 is 20.3 Å². The second-order valence-corrected chi connectivity index (χ2v) is 10.3. The first kappa shape index (κ1) is 27.1. The maximum atomic E-state index is 13.5. The number of aryl methyl sites for hydroxylation is 1. The second kappa shape index (κ2) is 12.2. The Morgan fingerprint density at radius 3 is 2.58 bits per heavy atom. The number of fused-ring (bicyclic) bond motifs is 1. The molecule has 1 saturated heterocycles. The van der Waals surface area contributed by atoms with Crippen molar-refractivity contribution in [2.45, 2.75) is 31.7 Å². The molecule has 3 amide bonds. The number of ether oxygens (including phenoxy) is 1. The maximum absolute atomic E-state index is 13.5. The normalized spacial score (nSPS) is 18.1. The zero-order chi connectivity index (χ0) is 28.1. The summed E-state index contributed by atoms with van der Waals surface area (Å²) in [5.41, 5.74) is 3.99. The molecular weight excluding hydrogens is 506 g/mol. The zero-order valence-electron chi connectivity index (χ0n) is 22.5. The molecule has 0 unspecified atom stereocenters. The van der Waals surface area contributed by atoms with E-state index < -0.39 is 0 Å². The number of nitrogens with zero attached hydrogens (tertiary/aromatic N) is 1. The summed E-state index contributed by atoms with van der Waals surface area (Å²) in [5.74, 6) is -0.462. The molecule has 5 rings (SSSR count). The molecule has 1 aliphatic heterocycles. The van der Waals surface area contributed by atoms with Crippen molar-refractivity contribution < 1.29 is 23.9 Å². The lowest BCUT2D eigenvalue weighted by molar-refractivity contribution is -0.130. The SMILES string of the molecule is COc1cccc(CNC(=O)CNC(=O)[C@H]2CCN(C(=O)c3ccc4c(c3)C(=O)CC4)C[C@@H]2c2ccccc2)c1. The molecule has 0 spiro atoms. The molecule has 2 aliphatic rings. The minimum atomic E-state index is -0.390. The third kappa shape index (κ3) is 6.06. The van der Waals surface area contributed by atoms with Crippen molar-refractivity contribution in [2.24, 2.45) is 5.92 Å². The molecule has 1 heterocycles. The van der Waals surface area contributed by atoms with Crippen molar-refractivity contribution in [2.75, 3.05) is 26.7 Å². The summed E-state index contributed by atoms with van der Waals surface area (Å²) in [6.07, 6.45) is 1.67. The number of piperidine rings is 1. The Balaban J connectivity index is 1.23. The van der Waals surface area contributed by atoms with Crippen molar-refractivity contribution >= 4 is 23.5 Å². The summed E-state index contributed by atoms with van der Waals surface area (Å²) in [6, 6.07) is 22.5. The van der Waals surface area contributed by atoms with Crippen LogP contribution in [0.4, 0.5) is 0 Å². The van der Waals surface area contributed by atoms with Crippen LogP contribution in [0.1, 0.15) is 56.2 Å². The Kier molecular flexibility index (Phi) is 8.24. The van der Waals surface area contributed by atoms with E-state index in [1.807, 2.05) is 60.7 Å². The highest BCUT2D eigenvalue weighted by atomic mass is 16.5. The number of likely N-dealkylation sites (tertiary alicyclic amines) is 1. The molecule has 1 aliphatic carbocycles. The van der Waals surface area contributed by atoms with Crippen LogP contribution in [0.15, 0.2) is 72.8 Å². The van der Waals surface area contributed by atoms with Gasteiger partial charge >= 0.3 is 0 Å². The van der Waals surface area contributed by atoms with Gasteiger partial charge in [0.1, 0.15) is 5.75 Å². The van der Waals surface area contributed by atoms with Crippen LogP contribution < -0.4 is 15.4 Å². The average molecular weight is 540 g/mol. The van der Waals surface area contributed by atoms with Gasteiger partial charge in [-0.25, -0.2) is 0 Å². The summed E-state index contributed by atoms with van der Waals surface area (Å²) in [4.78, 5) is 53.2. The van der Waals surface area contributed by atoms with Gasteiger partial charge in [0.2, 0.25) is 11.8 Å². The molecule has 0 radical (unpaired) electrons. The van der Waals surface area contributed by atoms with Crippen LogP contribution in [0.2, 0.25) is 0 Å². The van der Waals surface area contributed by atoms with Gasteiger partial charge in [0.15, 0.2) is 5.78 Å². The summed E-state index contributed by atoms with van der Waals surface area (Å²) in [5, 5.41) is 5.63. The van der Waals surface area contributed by atoms with Crippen LogP contribution >= 0.6 is 0 Å². The van der Waals surface area contributed by atoms with Gasteiger partial charge in [-0.1, -0.05) is 48.5 Å². The number of Topliss-reactive ketones (excluding diaryl/α,β-unsaturated/α-hetero) is 1. The van der Waals surface area contributed by atoms with Crippen LogP contribution in [0.5, 0.6) is 5.75 Å². The minimum Gasteiger partial charge on any atom is -0.497 e. The highest BCUT2D eigenvalue weighted by Crippen LogP contribution is 2.34. The Morgan fingerprint density at radius 2 is 1.77 bits per heavy atom. The molecule has 8 heteroatoms. The predicted molar refractivity (Wildman–Crippen MR) is 150 cm³/mol. The number of rotatable bonds is 8. The highest BCUT2D eigenvalue weighted by Gasteiger charge is 2.37. The number of methoxy groups -OCH3 is 1. The van der Waals surface area contributed by atoms with E-state index >= 15 is 0 Å². The van der Waals surface area contributed by atoms with Crippen LogP contribution in [0.25, 0.3) is 0 Å². The second-order valence-electron chi connectivity index (χ2n) is 10.3. The van der Waals surface area contributed by atoms with Gasteiger partial charge in [-0.05, 0) is 53.8 Å². The van der Waals surface area contributed by atoms with Crippen molar-refractivity contribution in [1.29, 1.82) is 0 Å². The smallest absolute Gasteiger partial charge is 0.253 e. The topological polar surface area (TPSA) is 105 Å². The average Bonchev–Trinajstić information content (AvgIpc) is 3.38. The van der Waals surface area contributed by atoms with E-state index in [1.165, 1.54) is 0 Å². The minimum absolute atomic E-state index is 0.0784. The monoisotopic (exact) mass is 539 g/mol. The molecule has 0 saturated carbocycles. The molecule has 2 N–H and O–H groups in total. The first-order chi connectivity index (χ1) is 19.4. The summed E-state index contributed by atoms with van der Waals surface area (Å²) < 4.78 is 5.22. The first-order valence-electron chi connectivity index (χ1n) is 13.6. The van der Waals surface area contributed by atoms with Crippen molar-refractivity contribution in [3.8, 4) is 5.75 Å². The van der Waals surface area contributed by atoms with E-state index in [0.717, 1.165) is 23.1 Å². The van der Waals surface area contributed by atoms with E-state index in [0.29, 0.717) is 49.4 Å². The van der Waals surface area contributed by atoms with Gasteiger partial charge in [-0.2, -0.15) is 0 Å². The lowest BCUT2D eigenvalue weighted by Crippen LogP contribution is -2.48. The van der Waals surface area contributed by atoms with Crippen LogP contribution in [-0.4, -0.2) is 55.1 Å². The third-order valence-electron chi connectivity index (χ3n) is 7.79. The number of ketones is 1.